The van der Waals surface area contributed by atoms with E-state index in [2.05, 4.69) is 10.2 Å². The molecule has 0 radical (unpaired) electrons. The molecule has 0 bridgehead atoms. The van der Waals surface area contributed by atoms with Gasteiger partial charge in [-0.3, -0.25) is 4.31 Å². The van der Waals surface area contributed by atoms with Gasteiger partial charge in [0.1, 0.15) is 25.5 Å². The third kappa shape index (κ3) is 3.83. The number of hydrogen-bond donors (Lipinski definition) is 0. The molecule has 0 unspecified atom stereocenters. The van der Waals surface area contributed by atoms with Crippen molar-refractivity contribution in [3.8, 4) is 17.2 Å². The summed E-state index contributed by atoms with van der Waals surface area (Å²) in [6.45, 7) is 2.31. The Morgan fingerprint density at radius 1 is 1.03 bits per heavy atom. The third-order valence-electron chi connectivity index (χ3n) is 4.31. The number of ether oxygens (including phenoxy) is 3. The van der Waals surface area contributed by atoms with E-state index in [0.717, 1.165) is 0 Å². The molecule has 2 heterocycles. The lowest BCUT2D eigenvalue weighted by Crippen LogP contribution is -2.31. The summed E-state index contributed by atoms with van der Waals surface area (Å²) in [6.07, 6.45) is 0. The fraction of sp³-hybridized carbons (Fsp3) is 0.263. The molecule has 0 spiro atoms. The summed E-state index contributed by atoms with van der Waals surface area (Å²) in [4.78, 5) is 0.0637. The van der Waals surface area contributed by atoms with Gasteiger partial charge in [0, 0.05) is 13.0 Å². The number of anilines is 1. The van der Waals surface area contributed by atoms with E-state index in [1.165, 1.54) is 16.4 Å². The van der Waals surface area contributed by atoms with Gasteiger partial charge in [-0.1, -0.05) is 0 Å². The highest BCUT2D eigenvalue weighted by molar-refractivity contribution is 7.92. The Morgan fingerprint density at radius 2 is 1.76 bits per heavy atom. The van der Waals surface area contributed by atoms with Crippen molar-refractivity contribution in [2.45, 2.75) is 18.4 Å². The molecule has 3 aromatic rings. The van der Waals surface area contributed by atoms with Crippen LogP contribution in [0.2, 0.25) is 0 Å². The topological polar surface area (TPSA) is 104 Å². The average Bonchev–Trinajstić information content (AvgIpc) is 3.16. The van der Waals surface area contributed by atoms with E-state index in [0.29, 0.717) is 42.0 Å². The Bertz CT molecular complexity index is 1110. The Balaban J connectivity index is 1.75. The predicted octanol–water partition coefficient (Wildman–Crippen LogP) is 2.55. The van der Waals surface area contributed by atoms with E-state index in [4.69, 9.17) is 18.6 Å². The lowest BCUT2D eigenvalue weighted by atomic mass is 10.3. The first kappa shape index (κ1) is 19.1. The predicted molar refractivity (Wildman–Crippen MR) is 103 cm³/mol. The van der Waals surface area contributed by atoms with E-state index in [1.54, 1.807) is 44.4 Å². The highest BCUT2D eigenvalue weighted by Gasteiger charge is 2.29. The highest BCUT2D eigenvalue weighted by Crippen LogP contribution is 2.35. The molecule has 0 atom stereocenters. The van der Waals surface area contributed by atoms with E-state index in [9.17, 15) is 8.42 Å². The zero-order valence-electron chi connectivity index (χ0n) is 15.9. The molecule has 29 heavy (non-hydrogen) atoms. The second-order valence-electron chi connectivity index (χ2n) is 6.23. The van der Waals surface area contributed by atoms with Crippen LogP contribution >= 0.6 is 0 Å². The standard InChI is InChI=1S/C19H19N3O6S/c1-13-20-21-19(28-13)12-22(14-3-5-15(25-2)6-4-14)29(23,24)16-7-8-17-18(11-16)27-10-9-26-17/h3-8,11H,9-10,12H2,1-2H3. The fourth-order valence-corrected chi connectivity index (χ4v) is 4.33. The lowest BCUT2D eigenvalue weighted by Gasteiger charge is -2.24. The summed E-state index contributed by atoms with van der Waals surface area (Å²) in [6, 6.07) is 11.2. The number of aryl methyl sites for hydroxylation is 1. The van der Waals surface area contributed by atoms with Gasteiger partial charge in [0.25, 0.3) is 10.0 Å². The molecular weight excluding hydrogens is 398 g/mol. The molecule has 1 aliphatic heterocycles. The zero-order valence-corrected chi connectivity index (χ0v) is 16.7. The molecule has 10 heteroatoms. The van der Waals surface area contributed by atoms with Crippen LogP contribution < -0.4 is 18.5 Å². The van der Waals surface area contributed by atoms with Crippen LogP contribution in [0.5, 0.6) is 17.2 Å². The van der Waals surface area contributed by atoms with Gasteiger partial charge in [0.15, 0.2) is 11.5 Å². The summed E-state index contributed by atoms with van der Waals surface area (Å²) in [5.74, 6) is 2.05. The van der Waals surface area contributed by atoms with Gasteiger partial charge >= 0.3 is 0 Å². The number of aromatic nitrogens is 2. The van der Waals surface area contributed by atoms with Gasteiger partial charge in [0.05, 0.1) is 17.7 Å². The highest BCUT2D eigenvalue weighted by atomic mass is 32.2. The second-order valence-corrected chi connectivity index (χ2v) is 8.09. The Labute approximate surface area is 167 Å². The van der Waals surface area contributed by atoms with E-state index < -0.39 is 10.0 Å². The number of hydrogen-bond acceptors (Lipinski definition) is 8. The van der Waals surface area contributed by atoms with Crippen molar-refractivity contribution >= 4 is 15.7 Å². The van der Waals surface area contributed by atoms with Crippen LogP contribution in [0, 0.1) is 6.92 Å². The summed E-state index contributed by atoms with van der Waals surface area (Å²) in [7, 11) is -2.43. The van der Waals surface area contributed by atoms with Gasteiger partial charge in [-0.25, -0.2) is 8.42 Å². The smallest absolute Gasteiger partial charge is 0.264 e. The maximum absolute atomic E-state index is 13.5. The zero-order chi connectivity index (χ0) is 20.4. The van der Waals surface area contributed by atoms with Gasteiger partial charge in [-0.15, -0.1) is 10.2 Å². The number of fused-ring (bicyclic) bond motifs is 1. The minimum atomic E-state index is -3.97. The third-order valence-corrected chi connectivity index (χ3v) is 6.08. The van der Waals surface area contributed by atoms with E-state index in [-0.39, 0.29) is 17.3 Å². The Morgan fingerprint density at radius 3 is 2.41 bits per heavy atom. The molecule has 152 valence electrons. The molecular formula is C19H19N3O6S. The van der Waals surface area contributed by atoms with Crippen LogP contribution in [0.25, 0.3) is 0 Å². The monoisotopic (exact) mass is 417 g/mol. The Kier molecular flexibility index (Phi) is 5.01. The van der Waals surface area contributed by atoms with Crippen molar-refractivity contribution in [3.05, 3.63) is 54.2 Å². The first-order chi connectivity index (χ1) is 14.0. The Hall–Kier alpha value is -3.27. The number of sulfonamides is 1. The van der Waals surface area contributed by atoms with E-state index in [1.807, 2.05) is 0 Å². The van der Waals surface area contributed by atoms with Crippen LogP contribution in [0.1, 0.15) is 11.8 Å². The van der Waals surface area contributed by atoms with Gasteiger partial charge in [-0.2, -0.15) is 0 Å². The number of nitrogens with zero attached hydrogens (tertiary/aromatic N) is 3. The van der Waals surface area contributed by atoms with Crippen molar-refractivity contribution in [2.24, 2.45) is 0 Å². The number of rotatable bonds is 6. The molecule has 0 fully saturated rings. The molecule has 1 aromatic heterocycles. The van der Waals surface area contributed by atoms with Crippen molar-refractivity contribution in [1.82, 2.24) is 10.2 Å². The SMILES string of the molecule is COc1ccc(N(Cc2nnc(C)o2)S(=O)(=O)c2ccc3c(c2)OCCO3)cc1. The van der Waals surface area contributed by atoms with Crippen LogP contribution in [-0.4, -0.2) is 38.9 Å². The number of benzene rings is 2. The number of methoxy groups -OCH3 is 1. The van der Waals surface area contributed by atoms with Gasteiger partial charge in [0.2, 0.25) is 11.8 Å². The van der Waals surface area contributed by atoms with Gasteiger partial charge in [-0.05, 0) is 36.4 Å². The maximum Gasteiger partial charge on any atom is 0.264 e. The minimum absolute atomic E-state index is 0.0637. The summed E-state index contributed by atoms with van der Waals surface area (Å²) < 4.78 is 49.8. The molecule has 0 N–H and O–H groups in total. The van der Waals surface area contributed by atoms with Crippen molar-refractivity contribution < 1.29 is 27.0 Å². The first-order valence-corrected chi connectivity index (χ1v) is 10.3. The molecule has 4 rings (SSSR count). The lowest BCUT2D eigenvalue weighted by molar-refractivity contribution is 0.171. The molecule has 0 aliphatic carbocycles. The van der Waals surface area contributed by atoms with Crippen molar-refractivity contribution in [3.63, 3.8) is 0 Å². The van der Waals surface area contributed by atoms with Gasteiger partial charge < -0.3 is 18.6 Å². The summed E-state index contributed by atoms with van der Waals surface area (Å²) in [5, 5.41) is 7.71. The summed E-state index contributed by atoms with van der Waals surface area (Å²) in [5.41, 5.74) is 0.427. The van der Waals surface area contributed by atoms with Crippen LogP contribution in [-0.2, 0) is 16.6 Å². The fourth-order valence-electron chi connectivity index (χ4n) is 2.90. The van der Waals surface area contributed by atoms with E-state index >= 15 is 0 Å². The first-order valence-electron chi connectivity index (χ1n) is 8.83. The van der Waals surface area contributed by atoms with Crippen molar-refractivity contribution in [2.75, 3.05) is 24.6 Å². The van der Waals surface area contributed by atoms with Crippen LogP contribution in [0.4, 0.5) is 5.69 Å². The minimum Gasteiger partial charge on any atom is -0.497 e. The molecule has 0 amide bonds. The molecule has 9 nitrogen and oxygen atoms in total. The normalized spacial score (nSPS) is 13.2. The second kappa shape index (κ2) is 7.63. The maximum atomic E-state index is 13.5. The summed E-state index contributed by atoms with van der Waals surface area (Å²) >= 11 is 0. The van der Waals surface area contributed by atoms with Crippen LogP contribution in [0.15, 0.2) is 51.8 Å². The molecule has 0 saturated carbocycles. The largest absolute Gasteiger partial charge is 0.497 e. The quantitative estimate of drug-likeness (QED) is 0.603. The molecule has 1 aliphatic rings. The molecule has 2 aromatic carbocycles. The van der Waals surface area contributed by atoms with Crippen LogP contribution in [0.3, 0.4) is 0 Å². The average molecular weight is 417 g/mol. The molecule has 0 saturated heterocycles. The van der Waals surface area contributed by atoms with Crippen molar-refractivity contribution in [1.29, 1.82) is 0 Å².